The number of benzene rings is 1. The first-order valence-electron chi connectivity index (χ1n) is 9.55. The molecule has 3 heterocycles. The molecular formula is C20H22N4O4S. The van der Waals surface area contributed by atoms with Crippen LogP contribution >= 0.6 is 11.8 Å². The van der Waals surface area contributed by atoms with Crippen LogP contribution in [-0.4, -0.2) is 55.6 Å². The largest absolute Gasteiger partial charge is 0.341 e. The van der Waals surface area contributed by atoms with Crippen molar-refractivity contribution in [2.45, 2.75) is 19.3 Å². The Labute approximate surface area is 171 Å². The van der Waals surface area contributed by atoms with Crippen molar-refractivity contribution in [2.75, 3.05) is 19.6 Å². The van der Waals surface area contributed by atoms with E-state index in [4.69, 9.17) is 0 Å². The molecule has 0 unspecified atom stereocenters. The fourth-order valence-electron chi connectivity index (χ4n) is 3.78. The van der Waals surface area contributed by atoms with Gasteiger partial charge in [0, 0.05) is 27.2 Å². The van der Waals surface area contributed by atoms with Gasteiger partial charge in [-0.2, -0.15) is 0 Å². The number of hydrogen-bond donors (Lipinski definition) is 0. The number of rotatable bonds is 3. The Morgan fingerprint density at radius 1 is 1.03 bits per heavy atom. The zero-order valence-electron chi connectivity index (χ0n) is 16.4. The third kappa shape index (κ3) is 3.50. The van der Waals surface area contributed by atoms with Crippen molar-refractivity contribution in [2.24, 2.45) is 14.1 Å². The van der Waals surface area contributed by atoms with Gasteiger partial charge in [-0.25, -0.2) is 4.79 Å². The molecule has 0 spiro atoms. The molecule has 0 radical (unpaired) electrons. The number of hydrogen-bond acceptors (Lipinski definition) is 5. The lowest BCUT2D eigenvalue weighted by Crippen LogP contribution is -2.44. The van der Waals surface area contributed by atoms with Crippen LogP contribution in [0.2, 0.25) is 0 Å². The minimum atomic E-state index is -0.451. The average Bonchev–Trinajstić information content (AvgIpc) is 3.11. The monoisotopic (exact) mass is 414 g/mol. The van der Waals surface area contributed by atoms with Crippen LogP contribution in [0.4, 0.5) is 4.79 Å². The molecule has 2 saturated heterocycles. The molecule has 2 fully saturated rings. The second-order valence-corrected chi connectivity index (χ2v) is 8.35. The van der Waals surface area contributed by atoms with E-state index in [1.165, 1.54) is 4.57 Å². The van der Waals surface area contributed by atoms with Crippen molar-refractivity contribution in [1.29, 1.82) is 0 Å². The molecule has 0 N–H and O–H groups in total. The Morgan fingerprint density at radius 2 is 1.72 bits per heavy atom. The summed E-state index contributed by atoms with van der Waals surface area (Å²) in [6.07, 6.45) is 4.65. The molecule has 8 nitrogen and oxygen atoms in total. The van der Waals surface area contributed by atoms with E-state index in [1.54, 1.807) is 35.7 Å². The summed E-state index contributed by atoms with van der Waals surface area (Å²) in [4.78, 5) is 52.6. The Kier molecular flexibility index (Phi) is 5.08. The minimum Gasteiger partial charge on any atom is -0.341 e. The summed E-state index contributed by atoms with van der Waals surface area (Å²) in [6.45, 7) is 1.15. The number of imide groups is 1. The maximum atomic E-state index is 12.7. The first-order valence-corrected chi connectivity index (χ1v) is 10.4. The number of likely N-dealkylation sites (tertiary alicyclic amines) is 1. The molecule has 0 atom stereocenters. The molecule has 0 bridgehead atoms. The molecule has 0 saturated carbocycles. The van der Waals surface area contributed by atoms with E-state index in [-0.39, 0.29) is 23.0 Å². The van der Waals surface area contributed by atoms with Crippen molar-refractivity contribution in [3.8, 4) is 0 Å². The van der Waals surface area contributed by atoms with E-state index < -0.39 is 11.1 Å². The average molecular weight is 414 g/mol. The number of fused-ring (bicyclic) bond motifs is 1. The van der Waals surface area contributed by atoms with E-state index >= 15 is 0 Å². The molecular weight excluding hydrogens is 392 g/mol. The molecule has 29 heavy (non-hydrogen) atoms. The number of thioether (sulfide) groups is 1. The summed E-state index contributed by atoms with van der Waals surface area (Å²) in [6, 6.07) is 5.42. The Morgan fingerprint density at radius 3 is 2.45 bits per heavy atom. The first kappa shape index (κ1) is 19.5. The molecule has 3 amide bonds. The number of aromatic nitrogens is 2. The highest BCUT2D eigenvalue weighted by Crippen LogP contribution is 2.32. The van der Waals surface area contributed by atoms with Crippen molar-refractivity contribution < 1.29 is 14.4 Å². The second kappa shape index (κ2) is 7.55. The van der Waals surface area contributed by atoms with E-state index in [9.17, 15) is 19.2 Å². The number of aryl methyl sites for hydroxylation is 2. The van der Waals surface area contributed by atoms with Crippen molar-refractivity contribution >= 4 is 45.9 Å². The zero-order chi connectivity index (χ0) is 20.7. The van der Waals surface area contributed by atoms with E-state index in [0.717, 1.165) is 47.0 Å². The van der Waals surface area contributed by atoms with Crippen molar-refractivity contribution in [3.05, 3.63) is 39.2 Å². The highest BCUT2D eigenvalue weighted by Gasteiger charge is 2.37. The summed E-state index contributed by atoms with van der Waals surface area (Å²) in [7, 11) is 3.39. The molecule has 1 aromatic heterocycles. The maximum absolute atomic E-state index is 12.7. The van der Waals surface area contributed by atoms with Crippen LogP contribution in [-0.2, 0) is 23.7 Å². The third-order valence-corrected chi connectivity index (χ3v) is 6.38. The quantitative estimate of drug-likeness (QED) is 0.717. The molecule has 1 aromatic carbocycles. The van der Waals surface area contributed by atoms with Gasteiger partial charge in [0.25, 0.3) is 11.1 Å². The van der Waals surface area contributed by atoms with Gasteiger partial charge in [-0.05, 0) is 54.8 Å². The van der Waals surface area contributed by atoms with Gasteiger partial charge in [0.2, 0.25) is 5.91 Å². The van der Waals surface area contributed by atoms with E-state index in [1.807, 2.05) is 12.1 Å². The summed E-state index contributed by atoms with van der Waals surface area (Å²) < 4.78 is 3.09. The molecule has 9 heteroatoms. The maximum Gasteiger partial charge on any atom is 0.328 e. The smallest absolute Gasteiger partial charge is 0.328 e. The molecule has 2 aliphatic rings. The van der Waals surface area contributed by atoms with Crippen LogP contribution in [0, 0.1) is 0 Å². The standard InChI is InChI=1S/C20H22N4O4S/c1-21-14-7-6-13(10-15(14)22(2)19(21)27)11-16-18(26)24(20(28)29-16)12-17(25)23-8-4-3-5-9-23/h6-7,10-11H,3-5,8-9,12H2,1-2H3/b16-11-. The summed E-state index contributed by atoms with van der Waals surface area (Å²) in [5, 5.41) is -0.431. The van der Waals surface area contributed by atoms with Crippen LogP contribution < -0.4 is 5.69 Å². The van der Waals surface area contributed by atoms with E-state index in [0.29, 0.717) is 18.7 Å². The predicted molar refractivity (Wildman–Crippen MR) is 111 cm³/mol. The van der Waals surface area contributed by atoms with Gasteiger partial charge in [-0.3, -0.25) is 28.4 Å². The van der Waals surface area contributed by atoms with Crippen molar-refractivity contribution in [1.82, 2.24) is 18.9 Å². The van der Waals surface area contributed by atoms with Crippen LogP contribution in [0.25, 0.3) is 17.1 Å². The Bertz CT molecular complexity index is 1110. The number of nitrogens with zero attached hydrogens (tertiary/aromatic N) is 4. The number of amides is 3. The molecule has 4 rings (SSSR count). The van der Waals surface area contributed by atoms with Gasteiger partial charge in [0.1, 0.15) is 6.54 Å². The highest BCUT2D eigenvalue weighted by atomic mass is 32.2. The molecule has 152 valence electrons. The Balaban J connectivity index is 1.56. The van der Waals surface area contributed by atoms with Crippen molar-refractivity contribution in [3.63, 3.8) is 0 Å². The highest BCUT2D eigenvalue weighted by molar-refractivity contribution is 8.18. The normalized spacial score (nSPS) is 19.0. The summed E-state index contributed by atoms with van der Waals surface area (Å²) in [5.74, 6) is -0.638. The van der Waals surface area contributed by atoms with Gasteiger partial charge in [-0.1, -0.05) is 6.07 Å². The lowest BCUT2D eigenvalue weighted by molar-refractivity contribution is -0.136. The van der Waals surface area contributed by atoms with Gasteiger partial charge in [0.15, 0.2) is 0 Å². The molecule has 2 aromatic rings. The van der Waals surface area contributed by atoms with Crippen LogP contribution in [0.15, 0.2) is 27.9 Å². The SMILES string of the molecule is Cn1c(=O)n(C)c2cc(/C=C3\SC(=O)N(CC(=O)N4CCCCC4)C3=O)ccc21. The number of carbonyl (C=O) groups is 3. The number of carbonyl (C=O) groups excluding carboxylic acids is 3. The van der Waals surface area contributed by atoms with E-state index in [2.05, 4.69) is 0 Å². The lowest BCUT2D eigenvalue weighted by Gasteiger charge is -2.27. The lowest BCUT2D eigenvalue weighted by atomic mass is 10.1. The number of imidazole rings is 1. The van der Waals surface area contributed by atoms with Crippen LogP contribution in [0.3, 0.4) is 0 Å². The van der Waals surface area contributed by atoms with Crippen LogP contribution in [0.5, 0.6) is 0 Å². The van der Waals surface area contributed by atoms with Gasteiger partial charge in [-0.15, -0.1) is 0 Å². The fourth-order valence-corrected chi connectivity index (χ4v) is 4.62. The molecule has 0 aliphatic carbocycles. The second-order valence-electron chi connectivity index (χ2n) is 7.36. The summed E-state index contributed by atoms with van der Waals surface area (Å²) in [5.41, 5.74) is 2.11. The zero-order valence-corrected chi connectivity index (χ0v) is 17.2. The molecule has 2 aliphatic heterocycles. The first-order chi connectivity index (χ1) is 13.9. The van der Waals surface area contributed by atoms with Gasteiger partial charge in [0.05, 0.1) is 15.9 Å². The minimum absolute atomic E-state index is 0.131. The Hall–Kier alpha value is -2.81. The fraction of sp³-hybridized carbons (Fsp3) is 0.400. The topological polar surface area (TPSA) is 84.6 Å². The number of piperidine rings is 1. The predicted octanol–water partition coefficient (Wildman–Crippen LogP) is 1.93. The summed E-state index contributed by atoms with van der Waals surface area (Å²) >= 11 is 0.837. The van der Waals surface area contributed by atoms with Gasteiger partial charge < -0.3 is 4.90 Å². The third-order valence-electron chi connectivity index (χ3n) is 5.47. The van der Waals surface area contributed by atoms with Gasteiger partial charge >= 0.3 is 5.69 Å². The van der Waals surface area contributed by atoms with Crippen LogP contribution in [0.1, 0.15) is 24.8 Å².